The Morgan fingerprint density at radius 3 is 3.00 bits per heavy atom. The van der Waals surface area contributed by atoms with Crippen LogP contribution in [0, 0.1) is 0 Å². The Morgan fingerprint density at radius 2 is 2.37 bits per heavy atom. The summed E-state index contributed by atoms with van der Waals surface area (Å²) in [5.41, 5.74) is 0.902. The highest BCUT2D eigenvalue weighted by molar-refractivity contribution is 9.10. The molecule has 106 valence electrons. The lowest BCUT2D eigenvalue weighted by Gasteiger charge is -2.23. The quantitative estimate of drug-likeness (QED) is 0.871. The van der Waals surface area contributed by atoms with Crippen LogP contribution in [0.2, 0.25) is 0 Å². The SMILES string of the molecule is OCC(CCOC1CCCCO1)c1ccc(Br)cn1. The molecule has 5 heteroatoms. The van der Waals surface area contributed by atoms with Crippen LogP contribution in [0.3, 0.4) is 0 Å². The highest BCUT2D eigenvalue weighted by atomic mass is 79.9. The van der Waals surface area contributed by atoms with E-state index in [4.69, 9.17) is 9.47 Å². The molecule has 0 amide bonds. The van der Waals surface area contributed by atoms with E-state index in [1.54, 1.807) is 6.20 Å². The van der Waals surface area contributed by atoms with Crippen LogP contribution in [-0.2, 0) is 9.47 Å². The molecule has 19 heavy (non-hydrogen) atoms. The van der Waals surface area contributed by atoms with Gasteiger partial charge in [0.05, 0.1) is 13.2 Å². The van der Waals surface area contributed by atoms with Gasteiger partial charge in [-0.1, -0.05) is 0 Å². The Hall–Kier alpha value is -0.490. The summed E-state index contributed by atoms with van der Waals surface area (Å²) in [6, 6.07) is 3.87. The molecule has 0 spiro atoms. The zero-order valence-corrected chi connectivity index (χ0v) is 12.5. The third-order valence-corrected chi connectivity index (χ3v) is 3.77. The maximum Gasteiger partial charge on any atom is 0.157 e. The van der Waals surface area contributed by atoms with Crippen molar-refractivity contribution in [3.8, 4) is 0 Å². The van der Waals surface area contributed by atoms with Gasteiger partial charge in [-0.25, -0.2) is 0 Å². The lowest BCUT2D eigenvalue weighted by Crippen LogP contribution is -2.23. The van der Waals surface area contributed by atoms with E-state index in [0.29, 0.717) is 6.61 Å². The number of ether oxygens (including phenoxy) is 2. The van der Waals surface area contributed by atoms with E-state index in [-0.39, 0.29) is 18.8 Å². The predicted molar refractivity (Wildman–Crippen MR) is 75.9 cm³/mol. The van der Waals surface area contributed by atoms with E-state index < -0.39 is 0 Å². The molecular formula is C14H20BrNO3. The third kappa shape index (κ3) is 4.84. The summed E-state index contributed by atoms with van der Waals surface area (Å²) in [6.45, 7) is 1.47. The molecular weight excluding hydrogens is 310 g/mol. The van der Waals surface area contributed by atoms with Gasteiger partial charge < -0.3 is 14.6 Å². The highest BCUT2D eigenvalue weighted by Crippen LogP contribution is 2.20. The van der Waals surface area contributed by atoms with Crippen molar-refractivity contribution in [3.05, 3.63) is 28.5 Å². The van der Waals surface area contributed by atoms with E-state index in [9.17, 15) is 5.11 Å². The fraction of sp³-hybridized carbons (Fsp3) is 0.643. The van der Waals surface area contributed by atoms with Crippen LogP contribution in [0.4, 0.5) is 0 Å². The number of aromatic nitrogens is 1. The van der Waals surface area contributed by atoms with Gasteiger partial charge in [0.25, 0.3) is 0 Å². The molecule has 1 aromatic heterocycles. The average molecular weight is 330 g/mol. The summed E-state index contributed by atoms with van der Waals surface area (Å²) < 4.78 is 12.1. The maximum absolute atomic E-state index is 9.45. The molecule has 4 nitrogen and oxygen atoms in total. The topological polar surface area (TPSA) is 51.6 Å². The smallest absolute Gasteiger partial charge is 0.157 e. The number of nitrogens with zero attached hydrogens (tertiary/aromatic N) is 1. The van der Waals surface area contributed by atoms with Gasteiger partial charge in [-0.3, -0.25) is 4.98 Å². The first-order valence-electron chi connectivity index (χ1n) is 6.75. The molecule has 0 aliphatic carbocycles. The molecule has 1 fully saturated rings. The zero-order chi connectivity index (χ0) is 13.5. The molecule has 1 N–H and O–H groups in total. The zero-order valence-electron chi connectivity index (χ0n) is 10.9. The van der Waals surface area contributed by atoms with Crippen LogP contribution in [0.15, 0.2) is 22.8 Å². The van der Waals surface area contributed by atoms with Gasteiger partial charge in [0.1, 0.15) is 0 Å². The molecule has 0 bridgehead atoms. The molecule has 1 aliphatic rings. The van der Waals surface area contributed by atoms with Gasteiger partial charge >= 0.3 is 0 Å². The van der Waals surface area contributed by atoms with Gasteiger partial charge in [0.2, 0.25) is 0 Å². The molecule has 0 radical (unpaired) electrons. The Kier molecular flexibility index (Phi) is 6.23. The second kappa shape index (κ2) is 7.94. The van der Waals surface area contributed by atoms with Crippen LogP contribution in [-0.4, -0.2) is 36.2 Å². The Labute approximate surface area is 122 Å². The Morgan fingerprint density at radius 1 is 1.47 bits per heavy atom. The van der Waals surface area contributed by atoms with Crippen LogP contribution < -0.4 is 0 Å². The summed E-state index contributed by atoms with van der Waals surface area (Å²) in [5.74, 6) is 0.0247. The van der Waals surface area contributed by atoms with Crippen LogP contribution >= 0.6 is 15.9 Å². The first-order chi connectivity index (χ1) is 9.29. The van der Waals surface area contributed by atoms with Crippen molar-refractivity contribution in [3.63, 3.8) is 0 Å². The number of hydrogen-bond acceptors (Lipinski definition) is 4. The summed E-state index contributed by atoms with van der Waals surface area (Å²) >= 11 is 3.36. The van der Waals surface area contributed by atoms with Crippen LogP contribution in [0.5, 0.6) is 0 Å². The van der Waals surface area contributed by atoms with Crippen molar-refractivity contribution < 1.29 is 14.6 Å². The van der Waals surface area contributed by atoms with Crippen molar-refractivity contribution in [1.29, 1.82) is 0 Å². The Bertz CT molecular complexity index is 365. The van der Waals surface area contributed by atoms with E-state index in [1.165, 1.54) is 6.42 Å². The number of aliphatic hydroxyl groups is 1. The number of halogens is 1. The van der Waals surface area contributed by atoms with Crippen molar-refractivity contribution in [2.45, 2.75) is 37.9 Å². The van der Waals surface area contributed by atoms with Crippen molar-refractivity contribution >= 4 is 15.9 Å². The molecule has 2 rings (SSSR count). The molecule has 1 aliphatic heterocycles. The fourth-order valence-electron chi connectivity index (χ4n) is 2.15. The number of hydrogen-bond donors (Lipinski definition) is 1. The van der Waals surface area contributed by atoms with E-state index in [0.717, 1.165) is 36.0 Å². The molecule has 2 atom stereocenters. The van der Waals surface area contributed by atoms with Crippen LogP contribution in [0.25, 0.3) is 0 Å². The minimum Gasteiger partial charge on any atom is -0.396 e. The van der Waals surface area contributed by atoms with Crippen molar-refractivity contribution in [2.75, 3.05) is 19.8 Å². The maximum atomic E-state index is 9.45. The summed E-state index contributed by atoms with van der Waals surface area (Å²) in [5, 5.41) is 9.45. The average Bonchev–Trinajstić information content (AvgIpc) is 2.46. The molecule has 2 heterocycles. The van der Waals surface area contributed by atoms with Crippen molar-refractivity contribution in [2.24, 2.45) is 0 Å². The van der Waals surface area contributed by atoms with Crippen LogP contribution in [0.1, 0.15) is 37.3 Å². The van der Waals surface area contributed by atoms with Gasteiger partial charge in [-0.05, 0) is 53.7 Å². The highest BCUT2D eigenvalue weighted by Gasteiger charge is 2.16. The van der Waals surface area contributed by atoms with Gasteiger partial charge in [0, 0.05) is 28.9 Å². The summed E-state index contributed by atoms with van der Waals surface area (Å²) in [4.78, 5) is 4.32. The molecule has 1 saturated heterocycles. The lowest BCUT2D eigenvalue weighted by atomic mass is 10.0. The summed E-state index contributed by atoms with van der Waals surface area (Å²) in [6.07, 6.45) is 5.71. The second-order valence-corrected chi connectivity index (χ2v) is 5.65. The first-order valence-corrected chi connectivity index (χ1v) is 7.54. The fourth-order valence-corrected chi connectivity index (χ4v) is 2.38. The van der Waals surface area contributed by atoms with E-state index in [1.807, 2.05) is 12.1 Å². The number of rotatable bonds is 6. The molecule has 0 aromatic carbocycles. The standard InChI is InChI=1S/C14H20BrNO3/c15-12-4-5-13(16-9-12)11(10-17)6-8-19-14-3-1-2-7-18-14/h4-5,9,11,14,17H,1-3,6-8,10H2. The molecule has 0 saturated carbocycles. The van der Waals surface area contributed by atoms with Gasteiger partial charge in [-0.15, -0.1) is 0 Å². The van der Waals surface area contributed by atoms with E-state index in [2.05, 4.69) is 20.9 Å². The minimum atomic E-state index is -0.0639. The third-order valence-electron chi connectivity index (χ3n) is 3.30. The minimum absolute atomic E-state index is 0.0247. The molecule has 1 aromatic rings. The first kappa shape index (κ1) is 14.9. The summed E-state index contributed by atoms with van der Waals surface area (Å²) in [7, 11) is 0. The number of aliphatic hydroxyl groups excluding tert-OH is 1. The van der Waals surface area contributed by atoms with Crippen molar-refractivity contribution in [1.82, 2.24) is 4.98 Å². The Balaban J connectivity index is 1.77. The lowest BCUT2D eigenvalue weighted by molar-refractivity contribution is -0.163. The van der Waals surface area contributed by atoms with E-state index >= 15 is 0 Å². The van der Waals surface area contributed by atoms with Gasteiger partial charge in [0.15, 0.2) is 6.29 Å². The number of pyridine rings is 1. The predicted octanol–water partition coefficient (Wildman–Crippen LogP) is 2.85. The largest absolute Gasteiger partial charge is 0.396 e. The van der Waals surface area contributed by atoms with Gasteiger partial charge in [-0.2, -0.15) is 0 Å². The normalized spacial score (nSPS) is 21.3. The molecule has 2 unspecified atom stereocenters. The second-order valence-electron chi connectivity index (χ2n) is 4.74. The monoisotopic (exact) mass is 329 g/mol.